The second-order valence-electron chi connectivity index (χ2n) is 5.71. The van der Waals surface area contributed by atoms with Gasteiger partial charge in [0.2, 0.25) is 0 Å². The molecule has 2 aromatic carbocycles. The Labute approximate surface area is 156 Å². The van der Waals surface area contributed by atoms with Crippen molar-refractivity contribution in [1.29, 1.82) is 0 Å². The zero-order chi connectivity index (χ0) is 17.2. The van der Waals surface area contributed by atoms with Gasteiger partial charge in [-0.3, -0.25) is 0 Å². The predicted octanol–water partition coefficient (Wildman–Crippen LogP) is 5.06. The average Bonchev–Trinajstić information content (AvgIpc) is 2.60. The molecule has 0 amide bonds. The Bertz CT molecular complexity index is 759. The molecule has 0 saturated carbocycles. The van der Waals surface area contributed by atoms with Gasteiger partial charge in [0.15, 0.2) is 5.38 Å². The van der Waals surface area contributed by atoms with E-state index in [1.165, 1.54) is 0 Å². The quantitative estimate of drug-likeness (QED) is 0.546. The molecular formula is C19H15Cl3O2. The van der Waals surface area contributed by atoms with Crippen molar-refractivity contribution in [2.24, 2.45) is 0 Å². The second kappa shape index (κ2) is 7.18. The zero-order valence-corrected chi connectivity index (χ0v) is 15.0. The highest BCUT2D eigenvalue weighted by Gasteiger charge is 2.49. The Morgan fingerprint density at radius 2 is 1.50 bits per heavy atom. The predicted molar refractivity (Wildman–Crippen MR) is 97.5 cm³/mol. The van der Waals surface area contributed by atoms with Gasteiger partial charge in [-0.25, -0.2) is 4.79 Å². The summed E-state index contributed by atoms with van der Waals surface area (Å²) in [7, 11) is 0. The van der Waals surface area contributed by atoms with Crippen molar-refractivity contribution in [2.45, 2.75) is 23.1 Å². The van der Waals surface area contributed by atoms with E-state index < -0.39 is 16.2 Å². The number of hydrogen-bond acceptors (Lipinski definition) is 2. The number of alkyl halides is 2. The third-order valence-electron chi connectivity index (χ3n) is 3.95. The van der Waals surface area contributed by atoms with Gasteiger partial charge in [0, 0.05) is 6.42 Å². The Balaban J connectivity index is 1.96. The number of allylic oxidation sites excluding steroid dienone is 2. The number of rotatable bonds is 4. The standard InChI is InChI=1S/C19H15Cl3O2/c20-16-15(11-13-7-3-1-4-8-13)24-18(23)17(21)19(16,22)12-14-9-5-2-6-10-14/h1-10,17H,11-12H2. The molecule has 0 spiro atoms. The Morgan fingerprint density at radius 3 is 2.08 bits per heavy atom. The first-order valence-electron chi connectivity index (χ1n) is 7.52. The summed E-state index contributed by atoms with van der Waals surface area (Å²) in [6.45, 7) is 0. The molecule has 2 unspecified atom stereocenters. The number of carbonyl (C=O) groups is 1. The monoisotopic (exact) mass is 380 g/mol. The molecule has 3 rings (SSSR count). The van der Waals surface area contributed by atoms with Crippen LogP contribution in [0, 0.1) is 0 Å². The van der Waals surface area contributed by atoms with Crippen LogP contribution in [-0.4, -0.2) is 16.2 Å². The van der Waals surface area contributed by atoms with Crippen LogP contribution < -0.4 is 0 Å². The highest BCUT2D eigenvalue weighted by atomic mass is 35.5. The number of ether oxygens (including phenoxy) is 1. The van der Waals surface area contributed by atoms with Crippen molar-refractivity contribution in [3.05, 3.63) is 82.6 Å². The number of esters is 1. The largest absolute Gasteiger partial charge is 0.428 e. The van der Waals surface area contributed by atoms with Crippen molar-refractivity contribution in [1.82, 2.24) is 0 Å². The van der Waals surface area contributed by atoms with Gasteiger partial charge in [-0.15, -0.1) is 23.2 Å². The summed E-state index contributed by atoms with van der Waals surface area (Å²) in [5.74, 6) is -0.214. The zero-order valence-electron chi connectivity index (χ0n) is 12.7. The average molecular weight is 382 g/mol. The van der Waals surface area contributed by atoms with Crippen LogP contribution in [0.4, 0.5) is 0 Å². The summed E-state index contributed by atoms with van der Waals surface area (Å²) in [6.07, 6.45) is 0.730. The smallest absolute Gasteiger partial charge is 0.331 e. The molecule has 0 N–H and O–H groups in total. The molecule has 1 aliphatic heterocycles. The van der Waals surface area contributed by atoms with E-state index in [-0.39, 0.29) is 5.03 Å². The maximum Gasteiger partial charge on any atom is 0.331 e. The summed E-state index contributed by atoms with van der Waals surface area (Å²) < 4.78 is 5.34. The number of hydrogen-bond donors (Lipinski definition) is 0. The molecule has 0 aromatic heterocycles. The minimum Gasteiger partial charge on any atom is -0.428 e. The van der Waals surface area contributed by atoms with Crippen LogP contribution in [0.1, 0.15) is 11.1 Å². The molecule has 124 valence electrons. The van der Waals surface area contributed by atoms with Gasteiger partial charge in [-0.1, -0.05) is 72.3 Å². The SMILES string of the molecule is O=C1OC(Cc2ccccc2)=C(Cl)C(Cl)(Cc2ccccc2)C1Cl. The highest BCUT2D eigenvalue weighted by molar-refractivity contribution is 6.47. The molecule has 2 atom stereocenters. The van der Waals surface area contributed by atoms with Crippen LogP contribution in [0.15, 0.2) is 71.5 Å². The fourth-order valence-electron chi connectivity index (χ4n) is 2.70. The molecule has 24 heavy (non-hydrogen) atoms. The molecule has 0 saturated heterocycles. The fourth-order valence-corrected chi connectivity index (χ4v) is 3.62. The van der Waals surface area contributed by atoms with Crippen LogP contribution in [0.5, 0.6) is 0 Å². The van der Waals surface area contributed by atoms with Crippen molar-refractivity contribution in [3.8, 4) is 0 Å². The maximum atomic E-state index is 12.2. The van der Waals surface area contributed by atoms with Crippen LogP contribution in [0.2, 0.25) is 0 Å². The molecular weight excluding hydrogens is 367 g/mol. The van der Waals surface area contributed by atoms with E-state index in [0.29, 0.717) is 18.6 Å². The van der Waals surface area contributed by atoms with Crippen molar-refractivity contribution in [2.75, 3.05) is 0 Å². The van der Waals surface area contributed by atoms with E-state index in [4.69, 9.17) is 39.5 Å². The summed E-state index contributed by atoms with van der Waals surface area (Å²) >= 11 is 19.5. The fraction of sp³-hybridized carbons (Fsp3) is 0.211. The van der Waals surface area contributed by atoms with E-state index in [9.17, 15) is 4.79 Å². The van der Waals surface area contributed by atoms with Crippen LogP contribution in [0.25, 0.3) is 0 Å². The normalized spacial score (nSPS) is 24.0. The molecule has 0 aliphatic carbocycles. The third kappa shape index (κ3) is 3.46. The molecule has 0 bridgehead atoms. The first-order valence-corrected chi connectivity index (χ1v) is 8.71. The molecule has 2 aromatic rings. The second-order valence-corrected chi connectivity index (χ2v) is 7.20. The summed E-state index contributed by atoms with van der Waals surface area (Å²) in [6, 6.07) is 19.2. The van der Waals surface area contributed by atoms with Crippen molar-refractivity contribution in [3.63, 3.8) is 0 Å². The van der Waals surface area contributed by atoms with E-state index in [1.807, 2.05) is 60.7 Å². The molecule has 1 heterocycles. The van der Waals surface area contributed by atoms with Crippen molar-refractivity contribution >= 4 is 40.8 Å². The summed E-state index contributed by atoms with van der Waals surface area (Å²) in [4.78, 5) is 11.0. The van der Waals surface area contributed by atoms with Crippen LogP contribution in [-0.2, 0) is 22.4 Å². The van der Waals surface area contributed by atoms with Crippen LogP contribution >= 0.6 is 34.8 Å². The van der Waals surface area contributed by atoms with Gasteiger partial charge < -0.3 is 4.74 Å². The minimum atomic E-state index is -1.22. The van der Waals surface area contributed by atoms with Gasteiger partial charge in [0.1, 0.15) is 10.6 Å². The number of benzene rings is 2. The maximum absolute atomic E-state index is 12.2. The topological polar surface area (TPSA) is 26.3 Å². The molecule has 2 nitrogen and oxygen atoms in total. The Hall–Kier alpha value is -1.48. The number of cyclic esters (lactones) is 1. The Morgan fingerprint density at radius 1 is 0.958 bits per heavy atom. The van der Waals surface area contributed by atoms with Crippen molar-refractivity contribution < 1.29 is 9.53 Å². The van der Waals surface area contributed by atoms with E-state index in [0.717, 1.165) is 11.1 Å². The van der Waals surface area contributed by atoms with Gasteiger partial charge in [0.05, 0.1) is 5.03 Å². The molecule has 0 fully saturated rings. The van der Waals surface area contributed by atoms with Gasteiger partial charge in [0.25, 0.3) is 0 Å². The molecule has 5 heteroatoms. The lowest BCUT2D eigenvalue weighted by Gasteiger charge is -2.35. The lowest BCUT2D eigenvalue weighted by molar-refractivity contribution is -0.140. The van der Waals surface area contributed by atoms with Gasteiger partial charge in [-0.05, 0) is 17.5 Å². The first kappa shape index (κ1) is 17.3. The van der Waals surface area contributed by atoms with E-state index in [2.05, 4.69) is 0 Å². The number of halogens is 3. The van der Waals surface area contributed by atoms with E-state index in [1.54, 1.807) is 0 Å². The lowest BCUT2D eigenvalue weighted by atomic mass is 9.91. The van der Waals surface area contributed by atoms with Gasteiger partial charge >= 0.3 is 5.97 Å². The number of carbonyl (C=O) groups excluding carboxylic acids is 1. The highest BCUT2D eigenvalue weighted by Crippen LogP contribution is 2.44. The van der Waals surface area contributed by atoms with Gasteiger partial charge in [-0.2, -0.15) is 0 Å². The summed E-state index contributed by atoms with van der Waals surface area (Å²) in [5, 5.41) is -0.761. The first-order chi connectivity index (χ1) is 11.5. The lowest BCUT2D eigenvalue weighted by Crippen LogP contribution is -2.46. The molecule has 1 aliphatic rings. The molecule has 0 radical (unpaired) electrons. The summed E-state index contributed by atoms with van der Waals surface area (Å²) in [5.41, 5.74) is 1.93. The minimum absolute atomic E-state index is 0.288. The van der Waals surface area contributed by atoms with Crippen LogP contribution in [0.3, 0.4) is 0 Å². The van der Waals surface area contributed by atoms with E-state index >= 15 is 0 Å². The third-order valence-corrected chi connectivity index (χ3v) is 5.80. The Kier molecular flexibility index (Phi) is 5.19.